The number of hydrogen-bond acceptors (Lipinski definition) is 10. The van der Waals surface area contributed by atoms with Crippen LogP contribution in [0, 0.1) is 17.3 Å². The molecule has 1 aromatic heterocycles. The highest BCUT2D eigenvalue weighted by Gasteiger charge is 2.63. The van der Waals surface area contributed by atoms with E-state index in [-0.39, 0.29) is 31.4 Å². The van der Waals surface area contributed by atoms with Crippen LogP contribution >= 0.6 is 0 Å². The maximum atomic E-state index is 14.7. The maximum Gasteiger partial charge on any atom is 0.408 e. The maximum absolute atomic E-state index is 14.7. The average Bonchev–Trinajstić information content (AvgIpc) is 4.09. The summed E-state index contributed by atoms with van der Waals surface area (Å²) in [6.45, 7) is 10.8. The summed E-state index contributed by atoms with van der Waals surface area (Å²) in [7, 11) is -2.38. The number of methoxy groups -OCH3 is 1. The molecule has 298 valence electrons. The molecular formula is C40H53N5O9S. The highest BCUT2D eigenvalue weighted by atomic mass is 32.2. The van der Waals surface area contributed by atoms with Crippen molar-refractivity contribution in [1.29, 1.82) is 0 Å². The second-order valence-corrected chi connectivity index (χ2v) is 19.5. The van der Waals surface area contributed by atoms with Gasteiger partial charge in [0, 0.05) is 17.7 Å². The number of para-hydroxylation sites is 1. The molecule has 3 aliphatic carbocycles. The molecule has 5 aliphatic rings. The minimum absolute atomic E-state index is 0.0298. The number of aromatic nitrogens is 1. The third-order valence-electron chi connectivity index (χ3n) is 12.1. The molecule has 1 unspecified atom stereocenters. The number of hydrogen-bond donors (Lipinski definition) is 3. The molecule has 55 heavy (non-hydrogen) atoms. The number of carbonyl (C=O) groups is 4. The topological polar surface area (TPSA) is 182 Å². The van der Waals surface area contributed by atoms with E-state index < -0.39 is 73.6 Å². The Balaban J connectivity index is 1.23. The SMILES string of the molecule is C=C[C@@H]1C[C@]1(NC(=O)[C@@H]1C[C@@H]2CN1C(=O)[C@H](C(C)(C)C)NC(=O)O[C@@H]1CC1CCCCCc1c(nc3ccccc3c1OC)O2)C(=O)NS(=O)(=O)C1(C)CC1. The second kappa shape index (κ2) is 14.3. The van der Waals surface area contributed by atoms with Gasteiger partial charge >= 0.3 is 6.09 Å². The number of alkyl carbamates (subject to hydrolysis) is 1. The Hall–Kier alpha value is -4.40. The summed E-state index contributed by atoms with van der Waals surface area (Å²) in [5.41, 5.74) is -0.889. The number of pyridine rings is 1. The van der Waals surface area contributed by atoms with E-state index in [0.29, 0.717) is 36.4 Å². The lowest BCUT2D eigenvalue weighted by molar-refractivity contribution is -0.142. The van der Waals surface area contributed by atoms with Gasteiger partial charge in [-0.3, -0.25) is 19.1 Å². The van der Waals surface area contributed by atoms with Gasteiger partial charge in [-0.15, -0.1) is 6.58 Å². The zero-order chi connectivity index (χ0) is 39.5. The number of nitrogens with zero attached hydrogens (tertiary/aromatic N) is 2. The summed E-state index contributed by atoms with van der Waals surface area (Å²) in [5.74, 6) is -1.27. The molecule has 3 N–H and O–H groups in total. The van der Waals surface area contributed by atoms with Gasteiger partial charge in [-0.05, 0) is 75.3 Å². The number of sulfonamides is 1. The van der Waals surface area contributed by atoms with Gasteiger partial charge in [0.05, 0.1) is 29.5 Å². The van der Waals surface area contributed by atoms with Gasteiger partial charge in [-0.25, -0.2) is 18.2 Å². The van der Waals surface area contributed by atoms with Crippen molar-refractivity contribution in [3.05, 3.63) is 42.5 Å². The smallest absolute Gasteiger partial charge is 0.408 e. The van der Waals surface area contributed by atoms with E-state index in [2.05, 4.69) is 21.9 Å². The molecule has 0 radical (unpaired) electrons. The zero-order valence-corrected chi connectivity index (χ0v) is 33.1. The quantitative estimate of drug-likeness (QED) is 0.343. The molecule has 2 aliphatic heterocycles. The standard InChI is InChI=1S/C40H53N5O9S/c1-7-24-21-40(24,36(48)44-55(50,51)39(5)17-18-39)43-33(46)29-20-25-22-45(29)35(47)32(38(2,3)4)42-37(49)54-30-19-23(30)13-9-8-10-15-27-31(52-6)26-14-11-12-16-28(26)41-34(27)53-25/h7,11-12,14,16,23-25,29-30,32H,1,8-10,13,15,17-22H2,2-6H3,(H,42,49)(H,43,46)(H,44,48)/t23?,24-,25-,29+,30-,32-,40-/m1/s1. The first-order chi connectivity index (χ1) is 26.0. The van der Waals surface area contributed by atoms with Crippen molar-refractivity contribution in [2.45, 2.75) is 126 Å². The minimum atomic E-state index is -4.00. The van der Waals surface area contributed by atoms with Crippen LogP contribution in [-0.2, 0) is 35.6 Å². The van der Waals surface area contributed by atoms with Crippen LogP contribution in [-0.4, -0.2) is 90.3 Å². The van der Waals surface area contributed by atoms with Gasteiger partial charge in [0.2, 0.25) is 27.7 Å². The molecule has 1 aromatic carbocycles. The number of nitrogens with one attached hydrogen (secondary N) is 3. The summed E-state index contributed by atoms with van der Waals surface area (Å²) in [6.07, 6.45) is 5.95. The second-order valence-electron chi connectivity index (χ2n) is 17.3. The number of ether oxygens (including phenoxy) is 3. The first kappa shape index (κ1) is 38.9. The van der Waals surface area contributed by atoms with Gasteiger partial charge in [0.1, 0.15) is 35.6 Å². The van der Waals surface area contributed by atoms with Crippen molar-refractivity contribution in [1.82, 2.24) is 25.2 Å². The van der Waals surface area contributed by atoms with E-state index in [0.717, 1.165) is 43.1 Å². The van der Waals surface area contributed by atoms with Gasteiger partial charge in [0.25, 0.3) is 5.91 Å². The summed E-state index contributed by atoms with van der Waals surface area (Å²) in [5, 5.41) is 6.49. The lowest BCUT2D eigenvalue weighted by atomic mass is 9.85. The Labute approximate surface area is 322 Å². The van der Waals surface area contributed by atoms with Crippen molar-refractivity contribution < 1.29 is 41.8 Å². The van der Waals surface area contributed by atoms with Crippen molar-refractivity contribution in [2.75, 3.05) is 13.7 Å². The van der Waals surface area contributed by atoms with Crippen LogP contribution in [0.15, 0.2) is 36.9 Å². The fourth-order valence-electron chi connectivity index (χ4n) is 8.06. The van der Waals surface area contributed by atoms with Crippen LogP contribution in [0.1, 0.15) is 91.0 Å². The largest absolute Gasteiger partial charge is 0.496 e. The fourth-order valence-corrected chi connectivity index (χ4v) is 9.37. The fraction of sp³-hybridized carbons (Fsp3) is 0.625. The van der Waals surface area contributed by atoms with Crippen LogP contribution in [0.3, 0.4) is 0 Å². The summed E-state index contributed by atoms with van der Waals surface area (Å²) in [6, 6.07) is 5.41. The van der Waals surface area contributed by atoms with Crippen molar-refractivity contribution >= 4 is 44.7 Å². The van der Waals surface area contributed by atoms with E-state index in [1.807, 2.05) is 45.0 Å². The first-order valence-corrected chi connectivity index (χ1v) is 20.9. The van der Waals surface area contributed by atoms with Gasteiger partial charge in [-0.2, -0.15) is 0 Å². The Morgan fingerprint density at radius 2 is 1.85 bits per heavy atom. The first-order valence-electron chi connectivity index (χ1n) is 19.4. The van der Waals surface area contributed by atoms with Crippen molar-refractivity contribution in [3.63, 3.8) is 0 Å². The monoisotopic (exact) mass is 779 g/mol. The van der Waals surface area contributed by atoms with Gasteiger partial charge < -0.3 is 29.7 Å². The molecule has 2 aromatic rings. The number of rotatable bonds is 7. The van der Waals surface area contributed by atoms with E-state index in [1.165, 1.54) is 11.0 Å². The van der Waals surface area contributed by atoms with Crippen LogP contribution < -0.4 is 24.8 Å². The molecule has 2 bridgehead atoms. The molecule has 1 saturated heterocycles. The molecule has 3 heterocycles. The predicted molar refractivity (Wildman–Crippen MR) is 204 cm³/mol. The molecule has 4 fully saturated rings. The van der Waals surface area contributed by atoms with Crippen LogP contribution in [0.25, 0.3) is 10.9 Å². The summed E-state index contributed by atoms with van der Waals surface area (Å²) in [4.78, 5) is 62.4. The van der Waals surface area contributed by atoms with Crippen molar-refractivity contribution in [3.8, 4) is 11.6 Å². The Morgan fingerprint density at radius 1 is 1.11 bits per heavy atom. The van der Waals surface area contributed by atoms with Crippen LogP contribution in [0.4, 0.5) is 4.79 Å². The minimum Gasteiger partial charge on any atom is -0.496 e. The Morgan fingerprint density at radius 3 is 2.53 bits per heavy atom. The Bertz CT molecular complexity index is 2010. The van der Waals surface area contributed by atoms with Crippen LogP contribution in [0.2, 0.25) is 0 Å². The molecule has 14 nitrogen and oxygen atoms in total. The third kappa shape index (κ3) is 7.60. The van der Waals surface area contributed by atoms with Crippen molar-refractivity contribution in [2.24, 2.45) is 17.3 Å². The van der Waals surface area contributed by atoms with Gasteiger partial charge in [-0.1, -0.05) is 51.8 Å². The van der Waals surface area contributed by atoms with E-state index in [9.17, 15) is 27.6 Å². The number of benzene rings is 1. The van der Waals surface area contributed by atoms with E-state index in [4.69, 9.17) is 19.2 Å². The lowest BCUT2D eigenvalue weighted by Gasteiger charge is -2.35. The molecule has 0 spiro atoms. The molecule has 3 saturated carbocycles. The van der Waals surface area contributed by atoms with E-state index in [1.54, 1.807) is 14.0 Å². The molecule has 7 rings (SSSR count). The highest BCUT2D eigenvalue weighted by molar-refractivity contribution is 7.91. The van der Waals surface area contributed by atoms with Crippen LogP contribution in [0.5, 0.6) is 11.6 Å². The average molecular weight is 780 g/mol. The number of fused-ring (bicyclic) bond motifs is 5. The number of amides is 4. The highest BCUT2D eigenvalue weighted by Crippen LogP contribution is 2.47. The predicted octanol–water partition coefficient (Wildman–Crippen LogP) is 4.30. The van der Waals surface area contributed by atoms with Gasteiger partial charge in [0.15, 0.2) is 0 Å². The molecule has 15 heteroatoms. The number of carbonyl (C=O) groups excluding carboxylic acids is 4. The molecular weight excluding hydrogens is 727 g/mol. The molecule has 4 amide bonds. The summed E-state index contributed by atoms with van der Waals surface area (Å²) < 4.78 is 45.7. The third-order valence-corrected chi connectivity index (χ3v) is 14.3. The zero-order valence-electron chi connectivity index (χ0n) is 32.3. The normalized spacial score (nSPS) is 30.5. The Kier molecular flexibility index (Phi) is 10.1. The van der Waals surface area contributed by atoms with E-state index >= 15 is 0 Å². The lowest BCUT2D eigenvalue weighted by Crippen LogP contribution is -2.60. The molecule has 7 atom stereocenters. The summed E-state index contributed by atoms with van der Waals surface area (Å²) >= 11 is 0.